The molecule has 1 heterocycles. The quantitative estimate of drug-likeness (QED) is 0.613. The van der Waals surface area contributed by atoms with Gasteiger partial charge in [-0.15, -0.1) is 0 Å². The van der Waals surface area contributed by atoms with Gasteiger partial charge in [0.1, 0.15) is 11.7 Å². The third-order valence-corrected chi connectivity index (χ3v) is 4.19. The highest BCUT2D eigenvalue weighted by atomic mass is 16.5. The van der Waals surface area contributed by atoms with Gasteiger partial charge in [-0.1, -0.05) is 48.5 Å². The van der Waals surface area contributed by atoms with E-state index >= 15 is 0 Å². The third-order valence-electron chi connectivity index (χ3n) is 4.19. The normalized spacial score (nSPS) is 11.6. The van der Waals surface area contributed by atoms with E-state index in [1.807, 2.05) is 54.6 Å². The van der Waals surface area contributed by atoms with Crippen molar-refractivity contribution >= 4 is 28.7 Å². The summed E-state index contributed by atoms with van der Waals surface area (Å²) >= 11 is 0. The van der Waals surface area contributed by atoms with Crippen LogP contribution >= 0.6 is 0 Å². The van der Waals surface area contributed by atoms with Crippen molar-refractivity contribution in [3.8, 4) is 0 Å². The number of nitrogens with one attached hydrogen (secondary N) is 2. The second kappa shape index (κ2) is 8.85. The predicted molar refractivity (Wildman–Crippen MR) is 103 cm³/mol. The van der Waals surface area contributed by atoms with Crippen LogP contribution in [0.5, 0.6) is 0 Å². The van der Waals surface area contributed by atoms with Crippen molar-refractivity contribution in [2.24, 2.45) is 0 Å². The number of hydrogen-bond donors (Lipinski definition) is 2. The topological polar surface area (TPSA) is 97.5 Å². The molecule has 28 heavy (non-hydrogen) atoms. The molecule has 0 radical (unpaired) electrons. The molecule has 2 N–H and O–H groups in total. The number of aromatic nitrogens is 1. The molecular formula is C21H20N2O5. The van der Waals surface area contributed by atoms with E-state index in [-0.39, 0.29) is 12.1 Å². The standard InChI is InChI=1S/C21H20N2O5/c1-27-20(25)17(11-14-7-3-2-4-8-14)23-19(24)13-28-21(26)18-12-15-9-5-6-10-16(15)22-18/h2-10,12,17,22H,11,13H2,1H3,(H,23,24)/t17-/m1/s1. The fourth-order valence-electron chi connectivity index (χ4n) is 2.81. The van der Waals surface area contributed by atoms with Crippen LogP contribution < -0.4 is 5.32 Å². The number of rotatable bonds is 7. The first kappa shape index (κ1) is 19.2. The van der Waals surface area contributed by atoms with E-state index in [4.69, 9.17) is 9.47 Å². The van der Waals surface area contributed by atoms with E-state index in [2.05, 4.69) is 10.3 Å². The molecule has 7 heteroatoms. The molecule has 0 aliphatic rings. The number of H-pyrrole nitrogens is 1. The summed E-state index contributed by atoms with van der Waals surface area (Å²) in [6, 6.07) is 17.4. The maximum absolute atomic E-state index is 12.2. The second-order valence-electron chi connectivity index (χ2n) is 6.18. The van der Waals surface area contributed by atoms with Gasteiger partial charge in [0.25, 0.3) is 5.91 Å². The molecular weight excluding hydrogens is 360 g/mol. The highest BCUT2D eigenvalue weighted by molar-refractivity contribution is 5.96. The summed E-state index contributed by atoms with van der Waals surface area (Å²) in [5.41, 5.74) is 1.92. The molecule has 0 unspecified atom stereocenters. The van der Waals surface area contributed by atoms with Gasteiger partial charge in [-0.2, -0.15) is 0 Å². The monoisotopic (exact) mass is 380 g/mol. The molecule has 1 atom stereocenters. The Bertz CT molecular complexity index is 948. The Balaban J connectivity index is 1.57. The van der Waals surface area contributed by atoms with Gasteiger partial charge in [-0.05, 0) is 17.7 Å². The van der Waals surface area contributed by atoms with Crippen molar-refractivity contribution < 1.29 is 23.9 Å². The molecule has 0 saturated heterocycles. The summed E-state index contributed by atoms with van der Waals surface area (Å²) in [7, 11) is 1.25. The Hall–Kier alpha value is -3.61. The smallest absolute Gasteiger partial charge is 0.355 e. The SMILES string of the molecule is COC(=O)[C@@H](Cc1ccccc1)NC(=O)COC(=O)c1cc2ccccc2[nH]1. The number of esters is 2. The van der Waals surface area contributed by atoms with E-state index in [0.717, 1.165) is 16.5 Å². The number of aromatic amines is 1. The summed E-state index contributed by atoms with van der Waals surface area (Å²) in [5, 5.41) is 3.42. The van der Waals surface area contributed by atoms with Gasteiger partial charge >= 0.3 is 11.9 Å². The van der Waals surface area contributed by atoms with Crippen LogP contribution in [0.25, 0.3) is 10.9 Å². The van der Waals surface area contributed by atoms with Crippen molar-refractivity contribution in [2.75, 3.05) is 13.7 Å². The maximum atomic E-state index is 12.2. The molecule has 0 aliphatic carbocycles. The van der Waals surface area contributed by atoms with E-state index in [1.165, 1.54) is 7.11 Å². The molecule has 2 aromatic carbocycles. The van der Waals surface area contributed by atoms with Crippen molar-refractivity contribution in [3.63, 3.8) is 0 Å². The zero-order valence-corrected chi connectivity index (χ0v) is 15.3. The average molecular weight is 380 g/mol. The van der Waals surface area contributed by atoms with E-state index < -0.39 is 30.5 Å². The number of benzene rings is 2. The predicted octanol–water partition coefficient (Wildman–Crippen LogP) is 2.23. The molecule has 0 bridgehead atoms. The van der Waals surface area contributed by atoms with Gasteiger partial charge < -0.3 is 19.8 Å². The summed E-state index contributed by atoms with van der Waals surface area (Å²) in [6.45, 7) is -0.503. The van der Waals surface area contributed by atoms with Gasteiger partial charge in [0, 0.05) is 17.3 Å². The Kier molecular flexibility index (Phi) is 6.06. The Morgan fingerprint density at radius 2 is 1.75 bits per heavy atom. The van der Waals surface area contributed by atoms with Gasteiger partial charge in [-0.25, -0.2) is 9.59 Å². The fourth-order valence-corrected chi connectivity index (χ4v) is 2.81. The summed E-state index contributed by atoms with van der Waals surface area (Å²) in [4.78, 5) is 39.2. The van der Waals surface area contributed by atoms with Crippen molar-refractivity contribution in [1.82, 2.24) is 10.3 Å². The molecule has 3 aromatic rings. The van der Waals surface area contributed by atoms with Crippen molar-refractivity contribution in [1.29, 1.82) is 0 Å². The molecule has 0 spiro atoms. The van der Waals surface area contributed by atoms with Crippen LogP contribution in [-0.2, 0) is 25.5 Å². The van der Waals surface area contributed by atoms with Crippen LogP contribution in [-0.4, -0.2) is 42.6 Å². The molecule has 1 amide bonds. The Morgan fingerprint density at radius 1 is 1.04 bits per heavy atom. The highest BCUT2D eigenvalue weighted by Gasteiger charge is 2.23. The first-order chi connectivity index (χ1) is 13.6. The van der Waals surface area contributed by atoms with Crippen LogP contribution in [0.4, 0.5) is 0 Å². The van der Waals surface area contributed by atoms with Crippen molar-refractivity contribution in [2.45, 2.75) is 12.5 Å². The second-order valence-corrected chi connectivity index (χ2v) is 6.18. The number of ether oxygens (including phenoxy) is 2. The van der Waals surface area contributed by atoms with Gasteiger partial charge in [-0.3, -0.25) is 4.79 Å². The van der Waals surface area contributed by atoms with E-state index in [9.17, 15) is 14.4 Å². The number of carbonyl (C=O) groups is 3. The Morgan fingerprint density at radius 3 is 2.46 bits per heavy atom. The van der Waals surface area contributed by atoms with Crippen LogP contribution in [0.3, 0.4) is 0 Å². The fraction of sp³-hybridized carbons (Fsp3) is 0.190. The molecule has 0 fully saturated rings. The lowest BCUT2D eigenvalue weighted by atomic mass is 10.1. The zero-order chi connectivity index (χ0) is 19.9. The summed E-state index contributed by atoms with van der Waals surface area (Å²) in [6.07, 6.45) is 0.273. The maximum Gasteiger partial charge on any atom is 0.355 e. The van der Waals surface area contributed by atoms with Gasteiger partial charge in [0.05, 0.1) is 7.11 Å². The van der Waals surface area contributed by atoms with Crippen molar-refractivity contribution in [3.05, 3.63) is 71.9 Å². The molecule has 1 aromatic heterocycles. The Labute approximate surface area is 161 Å². The molecule has 7 nitrogen and oxygen atoms in total. The van der Waals surface area contributed by atoms with Crippen LogP contribution in [0.15, 0.2) is 60.7 Å². The third kappa shape index (κ3) is 4.76. The zero-order valence-electron chi connectivity index (χ0n) is 15.3. The first-order valence-electron chi connectivity index (χ1n) is 8.73. The minimum absolute atomic E-state index is 0.253. The highest BCUT2D eigenvalue weighted by Crippen LogP contribution is 2.15. The average Bonchev–Trinajstić information content (AvgIpc) is 3.16. The van der Waals surface area contributed by atoms with Crippen LogP contribution in [0.1, 0.15) is 16.1 Å². The number of carbonyl (C=O) groups excluding carboxylic acids is 3. The lowest BCUT2D eigenvalue weighted by Crippen LogP contribution is -2.44. The lowest BCUT2D eigenvalue weighted by Gasteiger charge is -2.16. The molecule has 0 aliphatic heterocycles. The molecule has 144 valence electrons. The van der Waals surface area contributed by atoms with E-state index in [1.54, 1.807) is 6.07 Å². The number of methoxy groups -OCH3 is 1. The number of amides is 1. The largest absolute Gasteiger partial charge is 0.467 e. The lowest BCUT2D eigenvalue weighted by molar-refractivity contribution is -0.145. The minimum atomic E-state index is -0.869. The van der Waals surface area contributed by atoms with Gasteiger partial charge in [0.15, 0.2) is 6.61 Å². The number of para-hydroxylation sites is 1. The van der Waals surface area contributed by atoms with E-state index in [0.29, 0.717) is 0 Å². The first-order valence-corrected chi connectivity index (χ1v) is 8.73. The number of hydrogen-bond acceptors (Lipinski definition) is 5. The molecule has 3 rings (SSSR count). The number of fused-ring (bicyclic) bond motifs is 1. The summed E-state index contributed by atoms with van der Waals surface area (Å²) in [5.74, 6) is -1.81. The minimum Gasteiger partial charge on any atom is -0.467 e. The van der Waals surface area contributed by atoms with Gasteiger partial charge in [0.2, 0.25) is 0 Å². The molecule has 0 saturated carbocycles. The van der Waals surface area contributed by atoms with Crippen LogP contribution in [0, 0.1) is 0 Å². The van der Waals surface area contributed by atoms with Crippen LogP contribution in [0.2, 0.25) is 0 Å². The summed E-state index contributed by atoms with van der Waals surface area (Å²) < 4.78 is 9.80.